The summed E-state index contributed by atoms with van der Waals surface area (Å²) in [5.74, 6) is -0.111. The first-order valence-corrected chi connectivity index (χ1v) is 13.1. The first-order chi connectivity index (χ1) is 18.0. The van der Waals surface area contributed by atoms with Crippen LogP contribution in [0.1, 0.15) is 49.3 Å². The summed E-state index contributed by atoms with van der Waals surface area (Å²) >= 11 is 6.37. The number of nitro groups is 1. The molecule has 0 saturated carbocycles. The number of halogens is 1. The van der Waals surface area contributed by atoms with Crippen molar-refractivity contribution >= 4 is 29.1 Å². The van der Waals surface area contributed by atoms with Crippen LogP contribution < -0.4 is 0 Å². The van der Waals surface area contributed by atoms with Crippen LogP contribution in [-0.2, 0) is 17.9 Å². The third-order valence-corrected chi connectivity index (χ3v) is 6.41. The van der Waals surface area contributed by atoms with Gasteiger partial charge in [0.1, 0.15) is 6.54 Å². The summed E-state index contributed by atoms with van der Waals surface area (Å²) in [7, 11) is 0. The van der Waals surface area contributed by atoms with Gasteiger partial charge in [0.25, 0.3) is 11.6 Å². The summed E-state index contributed by atoms with van der Waals surface area (Å²) in [6.45, 7) is 9.90. The van der Waals surface area contributed by atoms with Crippen LogP contribution in [0.25, 0.3) is 0 Å². The van der Waals surface area contributed by atoms with E-state index in [9.17, 15) is 19.7 Å². The van der Waals surface area contributed by atoms with Gasteiger partial charge in [0.2, 0.25) is 5.91 Å². The number of carbonyl (C=O) groups is 2. The summed E-state index contributed by atoms with van der Waals surface area (Å²) < 4.78 is 2.08. The second-order valence-corrected chi connectivity index (χ2v) is 10.7. The van der Waals surface area contributed by atoms with E-state index in [1.54, 1.807) is 4.90 Å². The molecule has 0 bridgehead atoms. The lowest BCUT2D eigenvalue weighted by Gasteiger charge is -2.30. The van der Waals surface area contributed by atoms with E-state index in [2.05, 4.69) is 18.4 Å². The monoisotopic (exact) mass is 538 g/mol. The zero-order chi connectivity index (χ0) is 27.8. The Bertz CT molecular complexity index is 1250. The number of hydrogen-bond acceptors (Lipinski definition) is 4. The van der Waals surface area contributed by atoms with Gasteiger partial charge in [-0.1, -0.05) is 57.5 Å². The van der Waals surface area contributed by atoms with Crippen molar-refractivity contribution in [3.05, 3.63) is 98.8 Å². The molecule has 8 nitrogen and oxygen atoms in total. The number of benzene rings is 2. The van der Waals surface area contributed by atoms with Crippen LogP contribution in [0, 0.1) is 22.0 Å². The fourth-order valence-corrected chi connectivity index (χ4v) is 4.48. The highest BCUT2D eigenvalue weighted by Gasteiger charge is 2.25. The van der Waals surface area contributed by atoms with Crippen LogP contribution in [0.3, 0.4) is 0 Å². The Labute approximate surface area is 229 Å². The normalized spacial score (nSPS) is 11.1. The van der Waals surface area contributed by atoms with Crippen LogP contribution in [0.15, 0.2) is 66.9 Å². The van der Waals surface area contributed by atoms with Gasteiger partial charge in [0, 0.05) is 54.2 Å². The molecule has 2 aromatic carbocycles. The van der Waals surface area contributed by atoms with Crippen molar-refractivity contribution < 1.29 is 14.5 Å². The highest BCUT2D eigenvalue weighted by molar-refractivity contribution is 6.31. The van der Waals surface area contributed by atoms with Crippen LogP contribution in [0.2, 0.25) is 5.02 Å². The molecule has 0 aliphatic heterocycles. The lowest BCUT2D eigenvalue weighted by atomic mass is 10.1. The fourth-order valence-electron chi connectivity index (χ4n) is 4.28. The topological polar surface area (TPSA) is 88.7 Å². The number of amides is 2. The molecular formula is C29H35ClN4O4. The number of nitro benzene ring substituents is 1. The van der Waals surface area contributed by atoms with Crippen molar-refractivity contribution in [3.63, 3.8) is 0 Å². The highest BCUT2D eigenvalue weighted by atomic mass is 35.5. The van der Waals surface area contributed by atoms with E-state index >= 15 is 0 Å². The van der Waals surface area contributed by atoms with Gasteiger partial charge >= 0.3 is 0 Å². The van der Waals surface area contributed by atoms with Gasteiger partial charge in [-0.2, -0.15) is 0 Å². The molecule has 2 amide bonds. The van der Waals surface area contributed by atoms with Crippen molar-refractivity contribution in [2.75, 3.05) is 19.6 Å². The molecule has 202 valence electrons. The lowest BCUT2D eigenvalue weighted by Crippen LogP contribution is -2.45. The number of carbonyl (C=O) groups excluding carboxylic acids is 2. The molecule has 3 rings (SSSR count). The summed E-state index contributed by atoms with van der Waals surface area (Å²) in [6.07, 6.45) is 1.97. The second-order valence-electron chi connectivity index (χ2n) is 10.3. The summed E-state index contributed by atoms with van der Waals surface area (Å²) in [6, 6.07) is 17.1. The van der Waals surface area contributed by atoms with Crippen molar-refractivity contribution in [1.82, 2.24) is 14.4 Å². The molecule has 3 aromatic rings. The highest BCUT2D eigenvalue weighted by Crippen LogP contribution is 2.19. The average molecular weight is 539 g/mol. The number of non-ortho nitro benzene ring substituents is 1. The molecule has 9 heteroatoms. The Morgan fingerprint density at radius 2 is 1.55 bits per heavy atom. The number of rotatable bonds is 12. The minimum absolute atomic E-state index is 0.0774. The quantitative estimate of drug-likeness (QED) is 0.213. The van der Waals surface area contributed by atoms with E-state index in [1.807, 2.05) is 56.4 Å². The standard InChI is InChI=1S/C29H35ClN4O4/c1-21(2)16-32(19-26-9-7-15-31(26)18-24-8-5-6-10-27(24)30)28(35)20-33(17-22(3)4)29(36)23-11-13-25(14-12-23)34(37)38/h5-15,21-22H,16-20H2,1-4H3. The average Bonchev–Trinajstić information content (AvgIpc) is 3.30. The van der Waals surface area contributed by atoms with E-state index in [4.69, 9.17) is 11.6 Å². The molecule has 0 atom stereocenters. The van der Waals surface area contributed by atoms with Crippen LogP contribution in [-0.4, -0.2) is 50.7 Å². The first-order valence-electron chi connectivity index (χ1n) is 12.7. The molecule has 0 aliphatic carbocycles. The third kappa shape index (κ3) is 7.92. The first kappa shape index (κ1) is 28.9. The fraction of sp³-hybridized carbons (Fsp3) is 0.379. The summed E-state index contributed by atoms with van der Waals surface area (Å²) in [5, 5.41) is 11.7. The SMILES string of the molecule is CC(C)CN(Cc1cccn1Cc1ccccc1Cl)C(=O)CN(CC(C)C)C(=O)c1ccc([N+](=O)[O-])cc1. The van der Waals surface area contributed by atoms with Gasteiger partial charge in [-0.05, 0) is 47.7 Å². The maximum absolute atomic E-state index is 13.6. The van der Waals surface area contributed by atoms with Crippen molar-refractivity contribution in [1.29, 1.82) is 0 Å². The predicted molar refractivity (Wildman–Crippen MR) is 149 cm³/mol. The molecular weight excluding hydrogens is 504 g/mol. The van der Waals surface area contributed by atoms with Crippen molar-refractivity contribution in [2.45, 2.75) is 40.8 Å². The van der Waals surface area contributed by atoms with E-state index in [0.717, 1.165) is 11.3 Å². The van der Waals surface area contributed by atoms with Crippen LogP contribution in [0.5, 0.6) is 0 Å². The Kier molecular flexibility index (Phi) is 10.1. The van der Waals surface area contributed by atoms with Gasteiger partial charge in [-0.15, -0.1) is 0 Å². The maximum Gasteiger partial charge on any atom is 0.269 e. The summed E-state index contributed by atoms with van der Waals surface area (Å²) in [5.41, 5.74) is 2.19. The van der Waals surface area contributed by atoms with E-state index < -0.39 is 4.92 Å². The van der Waals surface area contributed by atoms with Gasteiger partial charge in [-0.3, -0.25) is 19.7 Å². The Morgan fingerprint density at radius 3 is 2.16 bits per heavy atom. The second kappa shape index (κ2) is 13.2. The molecule has 38 heavy (non-hydrogen) atoms. The van der Waals surface area contributed by atoms with Crippen LogP contribution in [0.4, 0.5) is 5.69 Å². The maximum atomic E-state index is 13.6. The van der Waals surface area contributed by atoms with E-state index in [0.29, 0.717) is 36.8 Å². The van der Waals surface area contributed by atoms with Gasteiger partial charge in [0.15, 0.2) is 0 Å². The van der Waals surface area contributed by atoms with Gasteiger partial charge in [0.05, 0.1) is 11.5 Å². The molecule has 0 unspecified atom stereocenters. The number of hydrogen-bond donors (Lipinski definition) is 0. The molecule has 0 radical (unpaired) electrons. The molecule has 0 spiro atoms. The smallest absolute Gasteiger partial charge is 0.269 e. The summed E-state index contributed by atoms with van der Waals surface area (Å²) in [4.78, 5) is 40.7. The minimum atomic E-state index is -0.505. The molecule has 0 saturated heterocycles. The molecule has 1 aromatic heterocycles. The van der Waals surface area contributed by atoms with E-state index in [-0.39, 0.29) is 35.9 Å². The predicted octanol–water partition coefficient (Wildman–Crippen LogP) is 5.88. The zero-order valence-corrected chi connectivity index (χ0v) is 23.1. The van der Waals surface area contributed by atoms with Crippen molar-refractivity contribution in [2.24, 2.45) is 11.8 Å². The van der Waals surface area contributed by atoms with Gasteiger partial charge < -0.3 is 14.4 Å². The largest absolute Gasteiger partial charge is 0.345 e. The molecule has 0 aliphatic rings. The Hall–Kier alpha value is -3.65. The minimum Gasteiger partial charge on any atom is -0.345 e. The Balaban J connectivity index is 1.80. The molecule has 0 N–H and O–H groups in total. The Morgan fingerprint density at radius 1 is 0.921 bits per heavy atom. The number of aromatic nitrogens is 1. The third-order valence-electron chi connectivity index (χ3n) is 6.04. The lowest BCUT2D eigenvalue weighted by molar-refractivity contribution is -0.384. The molecule has 1 heterocycles. The number of nitrogens with zero attached hydrogens (tertiary/aromatic N) is 4. The van der Waals surface area contributed by atoms with E-state index in [1.165, 1.54) is 29.2 Å². The van der Waals surface area contributed by atoms with Crippen molar-refractivity contribution in [3.8, 4) is 0 Å². The van der Waals surface area contributed by atoms with Gasteiger partial charge in [-0.25, -0.2) is 0 Å². The molecule has 0 fully saturated rings. The zero-order valence-electron chi connectivity index (χ0n) is 22.3. The van der Waals surface area contributed by atoms with Crippen LogP contribution >= 0.6 is 11.6 Å².